The largest absolute Gasteiger partial charge is 0.458 e. The molecule has 164 valence electrons. The Bertz CT molecular complexity index is 934. The van der Waals surface area contributed by atoms with E-state index in [1.807, 2.05) is 36.4 Å². The van der Waals surface area contributed by atoms with Gasteiger partial charge in [0.2, 0.25) is 5.91 Å². The highest BCUT2D eigenvalue weighted by Gasteiger charge is 2.31. The summed E-state index contributed by atoms with van der Waals surface area (Å²) < 4.78 is 10.8. The SMILES string of the molecule is CC(C)(C)OC(=O)[C@H](CCC(N)=O)NC(=O)OCC1c2ccccc2-c2ccccc21. The first kappa shape index (κ1) is 22.3. The third-order valence-corrected chi connectivity index (χ3v) is 5.01. The van der Waals surface area contributed by atoms with E-state index in [0.29, 0.717) is 0 Å². The number of hydrogen-bond acceptors (Lipinski definition) is 5. The van der Waals surface area contributed by atoms with E-state index in [1.165, 1.54) is 0 Å². The summed E-state index contributed by atoms with van der Waals surface area (Å²) in [5.74, 6) is -1.30. The number of nitrogens with two attached hydrogens (primary N) is 1. The molecule has 2 aromatic rings. The van der Waals surface area contributed by atoms with E-state index in [9.17, 15) is 14.4 Å². The summed E-state index contributed by atoms with van der Waals surface area (Å²) in [7, 11) is 0. The number of hydrogen-bond donors (Lipinski definition) is 2. The van der Waals surface area contributed by atoms with Crippen LogP contribution >= 0.6 is 0 Å². The fourth-order valence-electron chi connectivity index (χ4n) is 3.69. The molecule has 31 heavy (non-hydrogen) atoms. The molecule has 1 aliphatic rings. The molecule has 0 saturated carbocycles. The van der Waals surface area contributed by atoms with Crippen LogP contribution < -0.4 is 11.1 Å². The number of ether oxygens (including phenoxy) is 2. The zero-order valence-corrected chi connectivity index (χ0v) is 18.0. The Morgan fingerprint density at radius 2 is 1.55 bits per heavy atom. The molecule has 0 bridgehead atoms. The van der Waals surface area contributed by atoms with Crippen molar-refractivity contribution in [2.45, 2.75) is 51.2 Å². The van der Waals surface area contributed by atoms with Crippen molar-refractivity contribution < 1.29 is 23.9 Å². The Morgan fingerprint density at radius 3 is 2.06 bits per heavy atom. The normalized spacial score (nSPS) is 13.6. The molecule has 1 aliphatic carbocycles. The molecule has 3 N–H and O–H groups in total. The van der Waals surface area contributed by atoms with E-state index >= 15 is 0 Å². The van der Waals surface area contributed by atoms with Crippen molar-refractivity contribution in [2.75, 3.05) is 6.61 Å². The Hall–Kier alpha value is -3.35. The van der Waals surface area contributed by atoms with Gasteiger partial charge in [0.1, 0.15) is 18.2 Å². The van der Waals surface area contributed by atoms with Gasteiger partial charge in [0.25, 0.3) is 0 Å². The Balaban J connectivity index is 1.67. The van der Waals surface area contributed by atoms with E-state index in [1.54, 1.807) is 20.8 Å². The zero-order chi connectivity index (χ0) is 22.6. The number of amides is 2. The molecule has 0 aromatic heterocycles. The van der Waals surface area contributed by atoms with Crippen molar-refractivity contribution >= 4 is 18.0 Å². The second-order valence-corrected chi connectivity index (χ2v) is 8.56. The van der Waals surface area contributed by atoms with Gasteiger partial charge in [0, 0.05) is 12.3 Å². The maximum absolute atomic E-state index is 12.5. The number of alkyl carbamates (subject to hydrolysis) is 1. The van der Waals surface area contributed by atoms with Crippen LogP contribution in [0.2, 0.25) is 0 Å². The summed E-state index contributed by atoms with van der Waals surface area (Å²) in [6, 6.07) is 15.0. The highest BCUT2D eigenvalue weighted by Crippen LogP contribution is 2.44. The number of esters is 1. The molecule has 7 heteroatoms. The predicted molar refractivity (Wildman–Crippen MR) is 116 cm³/mol. The van der Waals surface area contributed by atoms with Crippen molar-refractivity contribution in [3.8, 4) is 11.1 Å². The molecule has 1 atom stereocenters. The van der Waals surface area contributed by atoms with Crippen LogP contribution in [0.5, 0.6) is 0 Å². The van der Waals surface area contributed by atoms with Gasteiger partial charge in [-0.05, 0) is 49.4 Å². The number of nitrogens with one attached hydrogen (secondary N) is 1. The fourth-order valence-corrected chi connectivity index (χ4v) is 3.69. The van der Waals surface area contributed by atoms with Gasteiger partial charge < -0.3 is 20.5 Å². The molecular weight excluding hydrogens is 396 g/mol. The van der Waals surface area contributed by atoms with Crippen LogP contribution in [0, 0.1) is 0 Å². The Labute approximate surface area is 181 Å². The van der Waals surface area contributed by atoms with Gasteiger partial charge in [0.15, 0.2) is 0 Å². The Morgan fingerprint density at radius 1 is 1.00 bits per heavy atom. The minimum atomic E-state index is -1.03. The molecule has 0 heterocycles. The lowest BCUT2D eigenvalue weighted by atomic mass is 9.98. The number of fused-ring (bicyclic) bond motifs is 3. The molecule has 0 radical (unpaired) electrons. The first-order valence-corrected chi connectivity index (χ1v) is 10.3. The van der Waals surface area contributed by atoms with E-state index in [0.717, 1.165) is 22.3 Å². The first-order valence-electron chi connectivity index (χ1n) is 10.3. The maximum Gasteiger partial charge on any atom is 0.407 e. The molecule has 7 nitrogen and oxygen atoms in total. The summed E-state index contributed by atoms with van der Waals surface area (Å²) in [5, 5.41) is 2.52. The molecule has 2 amide bonds. The van der Waals surface area contributed by atoms with Crippen LogP contribution in [0.3, 0.4) is 0 Å². The van der Waals surface area contributed by atoms with Crippen LogP contribution in [0.4, 0.5) is 4.79 Å². The monoisotopic (exact) mass is 424 g/mol. The lowest BCUT2D eigenvalue weighted by molar-refractivity contribution is -0.157. The van der Waals surface area contributed by atoms with Crippen LogP contribution in [0.15, 0.2) is 48.5 Å². The fraction of sp³-hybridized carbons (Fsp3) is 0.375. The average Bonchev–Trinajstić information content (AvgIpc) is 3.02. The molecule has 0 spiro atoms. The summed E-state index contributed by atoms with van der Waals surface area (Å²) in [6.07, 6.45) is -0.774. The molecular formula is C24H28N2O5. The van der Waals surface area contributed by atoms with Gasteiger partial charge in [-0.25, -0.2) is 9.59 Å². The van der Waals surface area contributed by atoms with Crippen LogP contribution in [-0.2, 0) is 19.1 Å². The van der Waals surface area contributed by atoms with Crippen molar-refractivity contribution in [3.05, 3.63) is 59.7 Å². The third kappa shape index (κ3) is 5.63. The molecule has 2 aromatic carbocycles. The highest BCUT2D eigenvalue weighted by atomic mass is 16.6. The average molecular weight is 424 g/mol. The summed E-state index contributed by atoms with van der Waals surface area (Å²) in [4.78, 5) is 36.1. The van der Waals surface area contributed by atoms with E-state index in [2.05, 4.69) is 17.4 Å². The molecule has 0 unspecified atom stereocenters. The predicted octanol–water partition coefficient (Wildman–Crippen LogP) is 3.50. The van der Waals surface area contributed by atoms with Crippen LogP contribution in [-0.4, -0.2) is 36.2 Å². The minimum Gasteiger partial charge on any atom is -0.458 e. The van der Waals surface area contributed by atoms with Crippen LogP contribution in [0.1, 0.15) is 50.7 Å². The van der Waals surface area contributed by atoms with Crippen molar-refractivity contribution in [2.24, 2.45) is 5.73 Å². The number of rotatable bonds is 7. The van der Waals surface area contributed by atoms with Crippen LogP contribution in [0.25, 0.3) is 11.1 Å². The van der Waals surface area contributed by atoms with Gasteiger partial charge in [-0.15, -0.1) is 0 Å². The van der Waals surface area contributed by atoms with E-state index in [-0.39, 0.29) is 25.4 Å². The van der Waals surface area contributed by atoms with Gasteiger partial charge in [-0.2, -0.15) is 0 Å². The number of carbonyl (C=O) groups excluding carboxylic acids is 3. The third-order valence-electron chi connectivity index (χ3n) is 5.01. The highest BCUT2D eigenvalue weighted by molar-refractivity contribution is 5.83. The molecule has 3 rings (SSSR count). The van der Waals surface area contributed by atoms with Crippen molar-refractivity contribution in [3.63, 3.8) is 0 Å². The van der Waals surface area contributed by atoms with Gasteiger partial charge >= 0.3 is 12.1 Å². The van der Waals surface area contributed by atoms with Gasteiger partial charge in [-0.3, -0.25) is 4.79 Å². The number of primary amides is 1. The molecule has 0 fully saturated rings. The lowest BCUT2D eigenvalue weighted by Crippen LogP contribution is -2.45. The molecule has 0 aliphatic heterocycles. The van der Waals surface area contributed by atoms with Crippen molar-refractivity contribution in [1.29, 1.82) is 0 Å². The minimum absolute atomic E-state index is 0.0362. The Kier molecular flexibility index (Phi) is 6.63. The summed E-state index contributed by atoms with van der Waals surface area (Å²) in [5.41, 5.74) is 8.90. The van der Waals surface area contributed by atoms with Gasteiger partial charge in [-0.1, -0.05) is 48.5 Å². The molecule has 0 saturated heterocycles. The number of benzene rings is 2. The topological polar surface area (TPSA) is 108 Å². The van der Waals surface area contributed by atoms with Gasteiger partial charge in [0.05, 0.1) is 0 Å². The summed E-state index contributed by atoms with van der Waals surface area (Å²) >= 11 is 0. The van der Waals surface area contributed by atoms with E-state index < -0.39 is 29.6 Å². The zero-order valence-electron chi connectivity index (χ0n) is 18.0. The number of carbonyl (C=O) groups is 3. The maximum atomic E-state index is 12.5. The first-order chi connectivity index (χ1) is 14.7. The smallest absolute Gasteiger partial charge is 0.407 e. The second kappa shape index (κ2) is 9.20. The summed E-state index contributed by atoms with van der Waals surface area (Å²) in [6.45, 7) is 5.30. The second-order valence-electron chi connectivity index (χ2n) is 8.56. The van der Waals surface area contributed by atoms with E-state index in [4.69, 9.17) is 15.2 Å². The van der Waals surface area contributed by atoms with Crippen molar-refractivity contribution in [1.82, 2.24) is 5.32 Å². The lowest BCUT2D eigenvalue weighted by Gasteiger charge is -2.24. The quantitative estimate of drug-likeness (QED) is 0.662. The standard InChI is InChI=1S/C24H28N2O5/c1-24(2,3)31-22(28)20(12-13-21(25)27)26-23(29)30-14-19-17-10-6-4-8-15(17)16-9-5-7-11-18(16)19/h4-11,19-20H,12-14H2,1-3H3,(H2,25,27)(H,26,29)/t20-/m0/s1.